The maximum atomic E-state index is 13.5. The minimum Gasteiger partial charge on any atom is -0.466 e. The second-order valence-electron chi connectivity index (χ2n) is 6.17. The van der Waals surface area contributed by atoms with Gasteiger partial charge in [-0.2, -0.15) is 0 Å². The topological polar surface area (TPSA) is 55.8 Å². The predicted molar refractivity (Wildman–Crippen MR) is 72.2 cm³/mol. The molecule has 1 rings (SSSR count). The van der Waals surface area contributed by atoms with Crippen LogP contribution in [0.25, 0.3) is 0 Å². The van der Waals surface area contributed by atoms with Crippen molar-refractivity contribution in [3.63, 3.8) is 0 Å². The van der Waals surface area contributed by atoms with E-state index >= 15 is 0 Å². The number of amides is 1. The molecule has 21 heavy (non-hydrogen) atoms. The summed E-state index contributed by atoms with van der Waals surface area (Å²) < 4.78 is 37.0. The minimum absolute atomic E-state index is 0.00782. The van der Waals surface area contributed by atoms with Crippen LogP contribution in [-0.4, -0.2) is 47.7 Å². The Kier molecular flexibility index (Phi) is 5.53. The number of esters is 1. The van der Waals surface area contributed by atoms with Crippen LogP contribution in [0.5, 0.6) is 0 Å². The van der Waals surface area contributed by atoms with Crippen molar-refractivity contribution in [2.45, 2.75) is 64.5 Å². The van der Waals surface area contributed by atoms with Crippen molar-refractivity contribution in [2.24, 2.45) is 0 Å². The normalized spacial score (nSPS) is 21.2. The standard InChI is InChI=1S/C14H23F2NO4/c1-5-20-11(18)7-6-10-8-14(15,16)9-17(10)12(19)21-13(2,3)4/h10H,5-9H2,1-4H3/t10-/m0/s1. The molecule has 0 unspecified atom stereocenters. The van der Waals surface area contributed by atoms with Gasteiger partial charge in [-0.25, -0.2) is 13.6 Å². The van der Waals surface area contributed by atoms with Gasteiger partial charge in [-0.1, -0.05) is 0 Å². The van der Waals surface area contributed by atoms with E-state index < -0.39 is 42.6 Å². The van der Waals surface area contributed by atoms with Gasteiger partial charge in [-0.3, -0.25) is 9.69 Å². The Morgan fingerprint density at radius 2 is 1.95 bits per heavy atom. The number of alkyl halides is 2. The summed E-state index contributed by atoms with van der Waals surface area (Å²) in [5.74, 6) is -3.40. The molecule has 1 heterocycles. The second kappa shape index (κ2) is 6.58. The van der Waals surface area contributed by atoms with Crippen molar-refractivity contribution in [3.8, 4) is 0 Å². The fourth-order valence-electron chi connectivity index (χ4n) is 2.21. The Morgan fingerprint density at radius 3 is 2.48 bits per heavy atom. The molecular weight excluding hydrogens is 284 g/mol. The molecule has 1 atom stereocenters. The summed E-state index contributed by atoms with van der Waals surface area (Å²) in [6.45, 7) is 6.27. The van der Waals surface area contributed by atoms with Gasteiger partial charge in [-0.15, -0.1) is 0 Å². The van der Waals surface area contributed by atoms with Crippen LogP contribution in [0, 0.1) is 0 Å². The van der Waals surface area contributed by atoms with Gasteiger partial charge in [0.15, 0.2) is 0 Å². The maximum Gasteiger partial charge on any atom is 0.410 e. The Hall–Kier alpha value is -1.40. The molecule has 0 bridgehead atoms. The fraction of sp³-hybridized carbons (Fsp3) is 0.857. The summed E-state index contributed by atoms with van der Waals surface area (Å²) >= 11 is 0. The quantitative estimate of drug-likeness (QED) is 0.749. The first-order chi connectivity index (χ1) is 9.54. The largest absolute Gasteiger partial charge is 0.466 e. The van der Waals surface area contributed by atoms with E-state index in [1.54, 1.807) is 27.7 Å². The summed E-state index contributed by atoms with van der Waals surface area (Å²) in [6, 6.07) is -0.709. The molecule has 0 aliphatic carbocycles. The average molecular weight is 307 g/mol. The van der Waals surface area contributed by atoms with Gasteiger partial charge in [0.1, 0.15) is 5.60 Å². The van der Waals surface area contributed by atoms with Crippen LogP contribution in [0.15, 0.2) is 0 Å². The van der Waals surface area contributed by atoms with Crippen molar-refractivity contribution >= 4 is 12.1 Å². The zero-order chi connectivity index (χ0) is 16.3. The van der Waals surface area contributed by atoms with Crippen LogP contribution in [0.3, 0.4) is 0 Å². The highest BCUT2D eigenvalue weighted by molar-refractivity contribution is 5.71. The number of halogens is 2. The third-order valence-corrected chi connectivity index (χ3v) is 2.99. The first-order valence-corrected chi connectivity index (χ1v) is 7.07. The first-order valence-electron chi connectivity index (χ1n) is 7.07. The van der Waals surface area contributed by atoms with Crippen molar-refractivity contribution in [3.05, 3.63) is 0 Å². The molecule has 0 saturated carbocycles. The zero-order valence-electron chi connectivity index (χ0n) is 12.9. The molecule has 0 N–H and O–H groups in total. The van der Waals surface area contributed by atoms with E-state index in [1.165, 1.54) is 0 Å². The zero-order valence-corrected chi connectivity index (χ0v) is 12.9. The van der Waals surface area contributed by atoms with Crippen LogP contribution >= 0.6 is 0 Å². The van der Waals surface area contributed by atoms with Gasteiger partial charge in [0.2, 0.25) is 0 Å². The number of carbonyl (C=O) groups excluding carboxylic acids is 2. The third-order valence-electron chi connectivity index (χ3n) is 2.99. The van der Waals surface area contributed by atoms with Crippen molar-refractivity contribution in [1.29, 1.82) is 0 Å². The molecule has 0 spiro atoms. The van der Waals surface area contributed by atoms with Gasteiger partial charge in [0.25, 0.3) is 5.92 Å². The molecule has 0 aromatic heterocycles. The number of nitrogens with zero attached hydrogens (tertiary/aromatic N) is 1. The molecule has 1 aliphatic rings. The Morgan fingerprint density at radius 1 is 1.33 bits per heavy atom. The summed E-state index contributed by atoms with van der Waals surface area (Å²) in [5, 5.41) is 0. The number of hydrogen-bond donors (Lipinski definition) is 0. The molecule has 1 aliphatic heterocycles. The molecule has 7 heteroatoms. The molecule has 0 radical (unpaired) electrons. The van der Waals surface area contributed by atoms with Gasteiger partial charge in [0.05, 0.1) is 13.2 Å². The smallest absolute Gasteiger partial charge is 0.410 e. The van der Waals surface area contributed by atoms with E-state index in [9.17, 15) is 18.4 Å². The van der Waals surface area contributed by atoms with Crippen molar-refractivity contribution in [2.75, 3.05) is 13.2 Å². The van der Waals surface area contributed by atoms with Gasteiger partial charge in [-0.05, 0) is 34.1 Å². The number of ether oxygens (including phenoxy) is 2. The predicted octanol–water partition coefficient (Wildman–Crippen LogP) is 2.97. The third kappa shape index (κ3) is 5.85. The van der Waals surface area contributed by atoms with Gasteiger partial charge >= 0.3 is 12.1 Å². The maximum absolute atomic E-state index is 13.5. The summed E-state index contributed by atoms with van der Waals surface area (Å²) in [6.07, 6.45) is -1.07. The Balaban J connectivity index is 2.66. The SMILES string of the molecule is CCOC(=O)CC[C@H]1CC(F)(F)CN1C(=O)OC(C)(C)C. The summed E-state index contributed by atoms with van der Waals surface area (Å²) in [7, 11) is 0. The van der Waals surface area contributed by atoms with Crippen LogP contribution in [0.1, 0.15) is 47.0 Å². The monoisotopic (exact) mass is 307 g/mol. The van der Waals surface area contributed by atoms with Gasteiger partial charge in [0, 0.05) is 18.9 Å². The molecule has 5 nitrogen and oxygen atoms in total. The average Bonchev–Trinajstić information content (AvgIpc) is 2.60. The molecule has 0 aromatic carbocycles. The number of hydrogen-bond acceptors (Lipinski definition) is 4. The van der Waals surface area contributed by atoms with Crippen LogP contribution in [0.4, 0.5) is 13.6 Å². The fourth-order valence-corrected chi connectivity index (χ4v) is 2.21. The minimum atomic E-state index is -2.95. The lowest BCUT2D eigenvalue weighted by Crippen LogP contribution is -2.40. The van der Waals surface area contributed by atoms with Crippen molar-refractivity contribution in [1.82, 2.24) is 4.90 Å². The first kappa shape index (κ1) is 17.7. The molecular formula is C14H23F2NO4. The van der Waals surface area contributed by atoms with E-state index in [0.717, 1.165) is 4.90 Å². The van der Waals surface area contributed by atoms with Crippen molar-refractivity contribution < 1.29 is 27.8 Å². The van der Waals surface area contributed by atoms with Crippen LogP contribution in [-0.2, 0) is 14.3 Å². The number of likely N-dealkylation sites (tertiary alicyclic amines) is 1. The molecule has 122 valence electrons. The highest BCUT2D eigenvalue weighted by atomic mass is 19.3. The highest BCUT2D eigenvalue weighted by Crippen LogP contribution is 2.35. The molecule has 1 fully saturated rings. The Labute approximate surface area is 123 Å². The number of rotatable bonds is 4. The summed E-state index contributed by atoms with van der Waals surface area (Å²) in [5.41, 5.74) is -0.749. The summed E-state index contributed by atoms with van der Waals surface area (Å²) in [4.78, 5) is 24.3. The van der Waals surface area contributed by atoms with E-state index in [4.69, 9.17) is 9.47 Å². The van der Waals surface area contributed by atoms with E-state index in [0.29, 0.717) is 0 Å². The lowest BCUT2D eigenvalue weighted by atomic mass is 10.1. The van der Waals surface area contributed by atoms with Crippen LogP contribution < -0.4 is 0 Å². The van der Waals surface area contributed by atoms with E-state index in [-0.39, 0.29) is 19.4 Å². The highest BCUT2D eigenvalue weighted by Gasteiger charge is 2.48. The lowest BCUT2D eigenvalue weighted by molar-refractivity contribution is -0.143. The second-order valence-corrected chi connectivity index (χ2v) is 6.17. The number of carbonyl (C=O) groups is 2. The van der Waals surface area contributed by atoms with Crippen LogP contribution in [0.2, 0.25) is 0 Å². The Bertz CT molecular complexity index is 393. The van der Waals surface area contributed by atoms with E-state index in [2.05, 4.69) is 0 Å². The van der Waals surface area contributed by atoms with Gasteiger partial charge < -0.3 is 9.47 Å². The van der Waals surface area contributed by atoms with E-state index in [1.807, 2.05) is 0 Å². The molecule has 1 saturated heterocycles. The lowest BCUT2D eigenvalue weighted by Gasteiger charge is -2.28. The molecule has 1 amide bonds. The molecule has 0 aromatic rings.